The molecule has 2 rings (SSSR count). The van der Waals surface area contributed by atoms with Crippen LogP contribution in [0.4, 0.5) is 5.69 Å². The van der Waals surface area contributed by atoms with E-state index < -0.39 is 5.97 Å². The lowest BCUT2D eigenvalue weighted by Crippen LogP contribution is -2.22. The van der Waals surface area contributed by atoms with Crippen molar-refractivity contribution in [3.8, 4) is 5.75 Å². The van der Waals surface area contributed by atoms with Crippen LogP contribution in [0.25, 0.3) is 0 Å². The van der Waals surface area contributed by atoms with Crippen LogP contribution in [0.5, 0.6) is 5.75 Å². The van der Waals surface area contributed by atoms with E-state index in [9.17, 15) is 9.59 Å². The van der Waals surface area contributed by atoms with Crippen LogP contribution in [-0.2, 0) is 0 Å². The van der Waals surface area contributed by atoms with Gasteiger partial charge in [0.05, 0.1) is 16.1 Å². The molecular weight excluding hydrogens is 314 g/mol. The number of carbonyl (C=O) groups excluding carboxylic acids is 2. The van der Waals surface area contributed by atoms with E-state index in [1.807, 2.05) is 19.9 Å². The summed E-state index contributed by atoms with van der Waals surface area (Å²) in [6, 6.07) is 11.8. The van der Waals surface area contributed by atoms with Crippen LogP contribution >= 0.6 is 11.6 Å². The maximum atomic E-state index is 12.3. The molecule has 23 heavy (non-hydrogen) atoms. The first-order valence-electron chi connectivity index (χ1n) is 7.41. The van der Waals surface area contributed by atoms with Crippen LogP contribution in [0.15, 0.2) is 42.5 Å². The van der Waals surface area contributed by atoms with Crippen LogP contribution in [-0.4, -0.2) is 25.3 Å². The number of rotatable bonds is 6. The minimum atomic E-state index is -0.588. The number of hydrogen-bond acceptors (Lipinski definition) is 4. The van der Waals surface area contributed by atoms with Crippen molar-refractivity contribution in [1.82, 2.24) is 0 Å². The number of anilines is 1. The Morgan fingerprint density at radius 1 is 1.17 bits per heavy atom. The predicted molar refractivity (Wildman–Crippen MR) is 91.8 cm³/mol. The third kappa shape index (κ3) is 3.90. The Labute approximate surface area is 140 Å². The second-order valence-electron chi connectivity index (χ2n) is 4.88. The first-order chi connectivity index (χ1) is 11.1. The Morgan fingerprint density at radius 2 is 1.87 bits per heavy atom. The molecule has 0 unspecified atom stereocenters. The molecule has 0 amide bonds. The van der Waals surface area contributed by atoms with E-state index in [4.69, 9.17) is 16.3 Å². The summed E-state index contributed by atoms with van der Waals surface area (Å²) in [5.74, 6) is -0.357. The van der Waals surface area contributed by atoms with Gasteiger partial charge in [-0.3, -0.25) is 4.79 Å². The molecule has 0 saturated carbocycles. The second-order valence-corrected chi connectivity index (χ2v) is 5.29. The largest absolute Gasteiger partial charge is 0.422 e. The third-order valence-corrected chi connectivity index (χ3v) is 3.88. The molecule has 0 aromatic heterocycles. The predicted octanol–water partition coefficient (Wildman–Crippen LogP) is 4.22. The van der Waals surface area contributed by atoms with Gasteiger partial charge < -0.3 is 9.64 Å². The van der Waals surface area contributed by atoms with Crippen molar-refractivity contribution in [1.29, 1.82) is 0 Å². The molecule has 0 aliphatic heterocycles. The number of esters is 1. The zero-order valence-electron chi connectivity index (χ0n) is 13.1. The average molecular weight is 332 g/mol. The Bertz CT molecular complexity index is 711. The fourth-order valence-corrected chi connectivity index (χ4v) is 2.49. The Hall–Kier alpha value is -2.33. The van der Waals surface area contributed by atoms with Crippen LogP contribution in [0.3, 0.4) is 0 Å². The number of aldehydes is 1. The van der Waals surface area contributed by atoms with Crippen molar-refractivity contribution in [2.24, 2.45) is 0 Å². The van der Waals surface area contributed by atoms with Crippen LogP contribution < -0.4 is 9.64 Å². The van der Waals surface area contributed by atoms with E-state index in [2.05, 4.69) is 4.90 Å². The summed E-state index contributed by atoms with van der Waals surface area (Å²) in [5, 5.41) is 0.310. The van der Waals surface area contributed by atoms with Crippen molar-refractivity contribution in [3.05, 3.63) is 58.6 Å². The monoisotopic (exact) mass is 331 g/mol. The van der Waals surface area contributed by atoms with Crippen LogP contribution in [0, 0.1) is 0 Å². The van der Waals surface area contributed by atoms with Crippen molar-refractivity contribution in [3.63, 3.8) is 0 Å². The standard InChI is InChI=1S/C18H18ClNO3/c1-3-20(4-2)14-10-9-13(12-21)17(11-14)23-18(22)15-7-5-6-8-16(15)19/h5-12H,3-4H2,1-2H3. The van der Waals surface area contributed by atoms with Gasteiger partial charge in [-0.2, -0.15) is 0 Å². The molecule has 4 nitrogen and oxygen atoms in total. The number of halogens is 1. The van der Waals surface area contributed by atoms with Gasteiger partial charge in [0.15, 0.2) is 6.29 Å². The number of benzene rings is 2. The molecule has 0 atom stereocenters. The summed E-state index contributed by atoms with van der Waals surface area (Å²) in [4.78, 5) is 25.6. The van der Waals surface area contributed by atoms with E-state index in [1.54, 1.807) is 36.4 Å². The molecule has 0 N–H and O–H groups in total. The molecule has 0 saturated heterocycles. The summed E-state index contributed by atoms with van der Waals surface area (Å²) in [6.45, 7) is 5.70. The Balaban J connectivity index is 2.34. The molecule has 0 heterocycles. The molecule has 0 bridgehead atoms. The number of nitrogens with zero attached hydrogens (tertiary/aromatic N) is 1. The normalized spacial score (nSPS) is 10.2. The number of hydrogen-bond donors (Lipinski definition) is 0. The molecule has 0 fully saturated rings. The van der Waals surface area contributed by atoms with E-state index in [1.165, 1.54) is 0 Å². The summed E-state index contributed by atoms with van der Waals surface area (Å²) < 4.78 is 5.40. The van der Waals surface area contributed by atoms with Gasteiger partial charge in [0, 0.05) is 24.8 Å². The molecular formula is C18H18ClNO3. The van der Waals surface area contributed by atoms with Gasteiger partial charge in [-0.1, -0.05) is 23.7 Å². The molecule has 0 aliphatic rings. The molecule has 0 aliphatic carbocycles. The lowest BCUT2D eigenvalue weighted by molar-refractivity contribution is 0.0734. The first kappa shape index (κ1) is 17.0. The van der Waals surface area contributed by atoms with Gasteiger partial charge in [-0.25, -0.2) is 4.79 Å². The molecule has 2 aromatic carbocycles. The lowest BCUT2D eigenvalue weighted by atomic mass is 10.1. The highest BCUT2D eigenvalue weighted by atomic mass is 35.5. The zero-order valence-corrected chi connectivity index (χ0v) is 13.8. The zero-order chi connectivity index (χ0) is 16.8. The second kappa shape index (κ2) is 7.79. The molecule has 0 spiro atoms. The summed E-state index contributed by atoms with van der Waals surface area (Å²) >= 11 is 6.01. The van der Waals surface area contributed by atoms with Crippen molar-refractivity contribution < 1.29 is 14.3 Å². The van der Waals surface area contributed by atoms with Crippen LogP contribution in [0.2, 0.25) is 5.02 Å². The highest BCUT2D eigenvalue weighted by Crippen LogP contribution is 2.26. The van der Waals surface area contributed by atoms with Crippen molar-refractivity contribution >= 4 is 29.5 Å². The minimum absolute atomic E-state index is 0.231. The van der Waals surface area contributed by atoms with E-state index >= 15 is 0 Å². The van der Waals surface area contributed by atoms with Gasteiger partial charge >= 0.3 is 5.97 Å². The highest BCUT2D eigenvalue weighted by Gasteiger charge is 2.16. The van der Waals surface area contributed by atoms with Crippen molar-refractivity contribution in [2.75, 3.05) is 18.0 Å². The summed E-state index contributed by atoms with van der Waals surface area (Å²) in [6.07, 6.45) is 0.668. The number of carbonyl (C=O) groups is 2. The number of ether oxygens (including phenoxy) is 1. The summed E-state index contributed by atoms with van der Waals surface area (Å²) in [7, 11) is 0. The Kier molecular flexibility index (Phi) is 5.77. The summed E-state index contributed by atoms with van der Waals surface area (Å²) in [5.41, 5.74) is 1.48. The fourth-order valence-electron chi connectivity index (χ4n) is 2.28. The third-order valence-electron chi connectivity index (χ3n) is 3.55. The van der Waals surface area contributed by atoms with Gasteiger partial charge in [0.1, 0.15) is 5.75 Å². The van der Waals surface area contributed by atoms with E-state index in [-0.39, 0.29) is 11.3 Å². The molecule has 5 heteroatoms. The molecule has 120 valence electrons. The Morgan fingerprint density at radius 3 is 2.48 bits per heavy atom. The van der Waals surface area contributed by atoms with Crippen molar-refractivity contribution in [2.45, 2.75) is 13.8 Å². The molecule has 2 aromatic rings. The average Bonchev–Trinajstić information content (AvgIpc) is 2.56. The lowest BCUT2D eigenvalue weighted by Gasteiger charge is -2.22. The maximum Gasteiger partial charge on any atom is 0.345 e. The first-order valence-corrected chi connectivity index (χ1v) is 7.79. The quantitative estimate of drug-likeness (QED) is 0.452. The SMILES string of the molecule is CCN(CC)c1ccc(C=O)c(OC(=O)c2ccccc2Cl)c1. The minimum Gasteiger partial charge on any atom is -0.422 e. The van der Waals surface area contributed by atoms with Gasteiger partial charge in [0.2, 0.25) is 0 Å². The van der Waals surface area contributed by atoms with Gasteiger partial charge in [0.25, 0.3) is 0 Å². The highest BCUT2D eigenvalue weighted by molar-refractivity contribution is 6.33. The smallest absolute Gasteiger partial charge is 0.345 e. The van der Waals surface area contributed by atoms with Gasteiger partial charge in [-0.15, -0.1) is 0 Å². The van der Waals surface area contributed by atoms with E-state index in [0.29, 0.717) is 16.9 Å². The van der Waals surface area contributed by atoms with Crippen LogP contribution in [0.1, 0.15) is 34.6 Å². The molecule has 0 radical (unpaired) electrons. The van der Waals surface area contributed by atoms with Gasteiger partial charge in [-0.05, 0) is 38.1 Å². The fraction of sp³-hybridized carbons (Fsp3) is 0.222. The maximum absolute atomic E-state index is 12.3. The topological polar surface area (TPSA) is 46.6 Å². The van der Waals surface area contributed by atoms with E-state index in [0.717, 1.165) is 18.8 Å².